The van der Waals surface area contributed by atoms with Crippen LogP contribution in [0, 0.1) is 6.92 Å². The first kappa shape index (κ1) is 12.3. The van der Waals surface area contributed by atoms with Crippen molar-refractivity contribution in [2.24, 2.45) is 0 Å². The highest BCUT2D eigenvalue weighted by Gasteiger charge is 2.25. The largest absolute Gasteiger partial charge is 0.393 e. The van der Waals surface area contributed by atoms with Crippen LogP contribution in [0.3, 0.4) is 0 Å². The molecule has 3 aromatic heterocycles. The van der Waals surface area contributed by atoms with Gasteiger partial charge in [-0.15, -0.1) is 11.3 Å². The van der Waals surface area contributed by atoms with Crippen LogP contribution in [-0.2, 0) is 0 Å². The lowest BCUT2D eigenvalue weighted by Crippen LogP contribution is -2.23. The molecule has 1 fully saturated rings. The SMILES string of the molecule is Cc1nc2cnc3ccsc3c2n1C1CCCC(O)C1. The van der Waals surface area contributed by atoms with Crippen molar-refractivity contribution < 1.29 is 5.11 Å². The number of aromatic nitrogens is 3. The highest BCUT2D eigenvalue weighted by molar-refractivity contribution is 7.18. The van der Waals surface area contributed by atoms with E-state index in [1.807, 2.05) is 6.20 Å². The van der Waals surface area contributed by atoms with Crippen molar-refractivity contribution in [2.75, 3.05) is 0 Å². The van der Waals surface area contributed by atoms with Gasteiger partial charge in [0.25, 0.3) is 0 Å². The molecular weight excluding hydrogens is 270 g/mol. The third kappa shape index (κ3) is 1.77. The molecule has 4 rings (SSSR count). The van der Waals surface area contributed by atoms with Gasteiger partial charge >= 0.3 is 0 Å². The van der Waals surface area contributed by atoms with Gasteiger partial charge in [0, 0.05) is 6.04 Å². The second-order valence-corrected chi connectivity index (χ2v) is 6.55. The first-order valence-corrected chi connectivity index (χ1v) is 8.01. The Morgan fingerprint density at radius 2 is 2.25 bits per heavy atom. The van der Waals surface area contributed by atoms with Gasteiger partial charge in [0.05, 0.1) is 28.0 Å². The molecule has 0 aliphatic heterocycles. The maximum atomic E-state index is 9.97. The zero-order valence-corrected chi connectivity index (χ0v) is 12.2. The van der Waals surface area contributed by atoms with Gasteiger partial charge in [-0.3, -0.25) is 4.98 Å². The Labute approximate surface area is 121 Å². The zero-order chi connectivity index (χ0) is 13.7. The number of thiophene rings is 1. The van der Waals surface area contributed by atoms with Gasteiger partial charge in [0.1, 0.15) is 11.3 Å². The highest BCUT2D eigenvalue weighted by Crippen LogP contribution is 2.36. The van der Waals surface area contributed by atoms with Crippen LogP contribution in [0.25, 0.3) is 21.3 Å². The maximum Gasteiger partial charge on any atom is 0.109 e. The monoisotopic (exact) mass is 287 g/mol. The second kappa shape index (κ2) is 4.53. The van der Waals surface area contributed by atoms with Gasteiger partial charge in [-0.2, -0.15) is 0 Å². The van der Waals surface area contributed by atoms with E-state index >= 15 is 0 Å². The number of aryl methyl sites for hydroxylation is 1. The summed E-state index contributed by atoms with van der Waals surface area (Å²) in [5.74, 6) is 1.03. The van der Waals surface area contributed by atoms with Crippen LogP contribution in [-0.4, -0.2) is 25.7 Å². The van der Waals surface area contributed by atoms with E-state index in [0.717, 1.165) is 42.5 Å². The molecule has 1 N–H and O–H groups in total. The summed E-state index contributed by atoms with van der Waals surface area (Å²) in [5.41, 5.74) is 3.21. The van der Waals surface area contributed by atoms with Crippen LogP contribution < -0.4 is 0 Å². The average Bonchev–Trinajstić information content (AvgIpc) is 3.00. The molecule has 0 bridgehead atoms. The summed E-state index contributed by atoms with van der Waals surface area (Å²) in [6.45, 7) is 2.06. The van der Waals surface area contributed by atoms with Gasteiger partial charge in [0.15, 0.2) is 0 Å². The molecule has 0 saturated heterocycles. The summed E-state index contributed by atoms with van der Waals surface area (Å²) in [4.78, 5) is 9.14. The molecule has 0 aromatic carbocycles. The van der Waals surface area contributed by atoms with E-state index in [-0.39, 0.29) is 6.10 Å². The Balaban J connectivity index is 1.97. The van der Waals surface area contributed by atoms with E-state index in [1.54, 1.807) is 11.3 Å². The molecule has 0 radical (unpaired) electrons. The Bertz CT molecular complexity index is 776. The van der Waals surface area contributed by atoms with E-state index in [4.69, 9.17) is 0 Å². The summed E-state index contributed by atoms with van der Waals surface area (Å²) < 4.78 is 3.54. The molecule has 1 saturated carbocycles. The van der Waals surface area contributed by atoms with E-state index < -0.39 is 0 Å². The van der Waals surface area contributed by atoms with E-state index in [0.29, 0.717) is 6.04 Å². The predicted octanol–water partition coefficient (Wildman–Crippen LogP) is 3.43. The Kier molecular flexibility index (Phi) is 2.79. The Hall–Kier alpha value is -1.46. The third-order valence-corrected chi connectivity index (χ3v) is 5.19. The van der Waals surface area contributed by atoms with Crippen molar-refractivity contribution in [1.29, 1.82) is 0 Å². The van der Waals surface area contributed by atoms with E-state index in [2.05, 4.69) is 32.9 Å². The molecule has 104 valence electrons. The lowest BCUT2D eigenvalue weighted by molar-refractivity contribution is 0.104. The number of aliphatic hydroxyl groups excluding tert-OH is 1. The van der Waals surface area contributed by atoms with Crippen molar-refractivity contribution in [3.8, 4) is 0 Å². The molecule has 2 unspecified atom stereocenters. The van der Waals surface area contributed by atoms with Crippen molar-refractivity contribution in [2.45, 2.75) is 44.8 Å². The minimum Gasteiger partial charge on any atom is -0.393 e. The van der Waals surface area contributed by atoms with Crippen LogP contribution in [0.15, 0.2) is 17.6 Å². The van der Waals surface area contributed by atoms with Crippen LogP contribution in [0.5, 0.6) is 0 Å². The van der Waals surface area contributed by atoms with Crippen molar-refractivity contribution in [3.63, 3.8) is 0 Å². The first-order chi connectivity index (χ1) is 9.74. The molecule has 0 amide bonds. The minimum absolute atomic E-state index is 0.175. The molecule has 20 heavy (non-hydrogen) atoms. The molecule has 2 atom stereocenters. The summed E-state index contributed by atoms with van der Waals surface area (Å²) in [5, 5.41) is 12.1. The highest BCUT2D eigenvalue weighted by atomic mass is 32.1. The van der Waals surface area contributed by atoms with Gasteiger partial charge in [0.2, 0.25) is 0 Å². The lowest BCUT2D eigenvalue weighted by Gasteiger charge is -2.28. The van der Waals surface area contributed by atoms with E-state index in [9.17, 15) is 5.11 Å². The Morgan fingerprint density at radius 3 is 3.10 bits per heavy atom. The minimum atomic E-state index is -0.175. The predicted molar refractivity (Wildman–Crippen MR) is 81.2 cm³/mol. The summed E-state index contributed by atoms with van der Waals surface area (Å²) in [6.07, 6.45) is 5.67. The molecule has 3 heterocycles. The third-order valence-electron chi connectivity index (χ3n) is 4.28. The van der Waals surface area contributed by atoms with Crippen molar-refractivity contribution in [3.05, 3.63) is 23.5 Å². The number of fused-ring (bicyclic) bond motifs is 3. The standard InChI is InChI=1S/C15H17N3OS/c1-9-17-13-8-16-12-5-6-20-15(12)14(13)18(9)10-3-2-4-11(19)7-10/h5-6,8,10-11,19H,2-4,7H2,1H3. The number of aliphatic hydroxyl groups is 1. The lowest BCUT2D eigenvalue weighted by atomic mass is 9.92. The van der Waals surface area contributed by atoms with Crippen LogP contribution >= 0.6 is 11.3 Å². The number of hydrogen-bond acceptors (Lipinski definition) is 4. The molecule has 5 heteroatoms. The molecule has 1 aliphatic rings. The molecule has 3 aromatic rings. The fourth-order valence-corrected chi connectivity index (χ4v) is 4.30. The van der Waals surface area contributed by atoms with Gasteiger partial charge in [-0.25, -0.2) is 4.98 Å². The molecule has 4 nitrogen and oxygen atoms in total. The number of nitrogens with zero attached hydrogens (tertiary/aromatic N) is 3. The number of pyridine rings is 1. The van der Waals surface area contributed by atoms with Crippen molar-refractivity contribution >= 4 is 32.6 Å². The molecular formula is C15H17N3OS. The molecule has 1 aliphatic carbocycles. The van der Waals surface area contributed by atoms with Gasteiger partial charge < -0.3 is 9.67 Å². The van der Waals surface area contributed by atoms with Crippen LogP contribution in [0.4, 0.5) is 0 Å². The number of imidazole rings is 1. The molecule has 0 spiro atoms. The van der Waals surface area contributed by atoms with Crippen LogP contribution in [0.2, 0.25) is 0 Å². The van der Waals surface area contributed by atoms with E-state index in [1.165, 1.54) is 10.2 Å². The van der Waals surface area contributed by atoms with Gasteiger partial charge in [-0.1, -0.05) is 0 Å². The fraction of sp³-hybridized carbons (Fsp3) is 0.467. The summed E-state index contributed by atoms with van der Waals surface area (Å²) >= 11 is 1.72. The quantitative estimate of drug-likeness (QED) is 0.746. The fourth-order valence-electron chi connectivity index (χ4n) is 3.41. The summed E-state index contributed by atoms with van der Waals surface area (Å²) in [6, 6.07) is 2.42. The normalized spacial score (nSPS) is 23.7. The smallest absolute Gasteiger partial charge is 0.109 e. The zero-order valence-electron chi connectivity index (χ0n) is 11.4. The van der Waals surface area contributed by atoms with Crippen molar-refractivity contribution in [1.82, 2.24) is 14.5 Å². The first-order valence-electron chi connectivity index (χ1n) is 7.13. The average molecular weight is 287 g/mol. The van der Waals surface area contributed by atoms with Gasteiger partial charge in [-0.05, 0) is 44.1 Å². The second-order valence-electron chi connectivity index (χ2n) is 5.63. The van der Waals surface area contributed by atoms with Crippen LogP contribution in [0.1, 0.15) is 37.5 Å². The Morgan fingerprint density at radius 1 is 1.35 bits per heavy atom. The maximum absolute atomic E-state index is 9.97. The number of rotatable bonds is 1. The number of hydrogen-bond donors (Lipinski definition) is 1. The topological polar surface area (TPSA) is 50.9 Å². The summed E-state index contributed by atoms with van der Waals surface area (Å²) in [7, 11) is 0.